The Kier molecular flexibility index (Phi) is 6.04. The molecule has 1 amide bonds. The van der Waals surface area contributed by atoms with Crippen molar-refractivity contribution in [2.24, 2.45) is 0 Å². The van der Waals surface area contributed by atoms with Gasteiger partial charge < -0.3 is 10.6 Å². The smallest absolute Gasteiger partial charge is 0.220 e. The molecule has 0 saturated heterocycles. The Balaban J connectivity index is 2.04. The highest BCUT2D eigenvalue weighted by molar-refractivity contribution is 7.09. The maximum Gasteiger partial charge on any atom is 0.220 e. The zero-order chi connectivity index (χ0) is 10.9. The van der Waals surface area contributed by atoms with Gasteiger partial charge in [0.25, 0.3) is 0 Å². The Morgan fingerprint density at radius 1 is 1.47 bits per heavy atom. The van der Waals surface area contributed by atoms with Crippen molar-refractivity contribution < 1.29 is 4.79 Å². The predicted octanol–water partition coefficient (Wildman–Crippen LogP) is 1.41. The van der Waals surface area contributed by atoms with Crippen LogP contribution in [0.5, 0.6) is 0 Å². The van der Waals surface area contributed by atoms with Crippen LogP contribution in [-0.2, 0) is 11.2 Å². The standard InChI is InChI=1S/C11H18N2OS/c1-12-7-3-8-13-11(14)6-5-10-4-2-9-15-10/h2,4,9,12H,3,5-8H2,1H3,(H,13,14). The quantitative estimate of drug-likeness (QED) is 0.690. The molecule has 15 heavy (non-hydrogen) atoms. The average Bonchev–Trinajstić information content (AvgIpc) is 2.74. The summed E-state index contributed by atoms with van der Waals surface area (Å²) < 4.78 is 0. The highest BCUT2D eigenvalue weighted by Crippen LogP contribution is 2.10. The Labute approximate surface area is 94.9 Å². The molecule has 1 aromatic rings. The molecule has 1 rings (SSSR count). The third-order valence-electron chi connectivity index (χ3n) is 2.10. The zero-order valence-corrected chi connectivity index (χ0v) is 9.90. The normalized spacial score (nSPS) is 10.2. The molecule has 0 aromatic carbocycles. The fourth-order valence-corrected chi connectivity index (χ4v) is 1.98. The summed E-state index contributed by atoms with van der Waals surface area (Å²) in [5.41, 5.74) is 0. The van der Waals surface area contributed by atoms with Gasteiger partial charge in [0.05, 0.1) is 0 Å². The molecule has 0 bridgehead atoms. The van der Waals surface area contributed by atoms with Crippen LogP contribution in [0.1, 0.15) is 17.7 Å². The molecule has 4 heteroatoms. The summed E-state index contributed by atoms with van der Waals surface area (Å²) in [6.45, 7) is 1.72. The molecule has 2 N–H and O–H groups in total. The van der Waals surface area contributed by atoms with E-state index in [0.717, 1.165) is 25.9 Å². The van der Waals surface area contributed by atoms with Gasteiger partial charge in [-0.25, -0.2) is 0 Å². The molecular formula is C11H18N2OS. The van der Waals surface area contributed by atoms with E-state index < -0.39 is 0 Å². The van der Waals surface area contributed by atoms with Crippen LogP contribution in [0, 0.1) is 0 Å². The summed E-state index contributed by atoms with van der Waals surface area (Å²) in [7, 11) is 1.92. The van der Waals surface area contributed by atoms with Crippen molar-refractivity contribution in [1.82, 2.24) is 10.6 Å². The van der Waals surface area contributed by atoms with Crippen LogP contribution in [0.4, 0.5) is 0 Å². The van der Waals surface area contributed by atoms with Gasteiger partial charge in [-0.3, -0.25) is 4.79 Å². The van der Waals surface area contributed by atoms with E-state index in [9.17, 15) is 4.79 Å². The molecule has 84 valence electrons. The summed E-state index contributed by atoms with van der Waals surface area (Å²) >= 11 is 1.71. The topological polar surface area (TPSA) is 41.1 Å². The third-order valence-corrected chi connectivity index (χ3v) is 3.04. The molecule has 0 radical (unpaired) electrons. The van der Waals surface area contributed by atoms with E-state index in [2.05, 4.69) is 16.7 Å². The Hall–Kier alpha value is -0.870. The number of aryl methyl sites for hydroxylation is 1. The van der Waals surface area contributed by atoms with Gasteiger partial charge >= 0.3 is 0 Å². The van der Waals surface area contributed by atoms with E-state index >= 15 is 0 Å². The highest BCUT2D eigenvalue weighted by Gasteiger charge is 2.01. The maximum atomic E-state index is 11.4. The predicted molar refractivity (Wildman–Crippen MR) is 64.2 cm³/mol. The van der Waals surface area contributed by atoms with Crippen LogP contribution in [0.3, 0.4) is 0 Å². The summed E-state index contributed by atoms with van der Waals surface area (Å²) in [6.07, 6.45) is 2.44. The van der Waals surface area contributed by atoms with E-state index in [4.69, 9.17) is 0 Å². The lowest BCUT2D eigenvalue weighted by Crippen LogP contribution is -2.26. The maximum absolute atomic E-state index is 11.4. The lowest BCUT2D eigenvalue weighted by atomic mass is 10.2. The first-order valence-electron chi connectivity index (χ1n) is 5.26. The third kappa shape index (κ3) is 5.54. The van der Waals surface area contributed by atoms with Crippen molar-refractivity contribution in [3.8, 4) is 0 Å². The highest BCUT2D eigenvalue weighted by atomic mass is 32.1. The average molecular weight is 226 g/mol. The number of carbonyl (C=O) groups is 1. The van der Waals surface area contributed by atoms with Crippen molar-refractivity contribution in [3.63, 3.8) is 0 Å². The van der Waals surface area contributed by atoms with E-state index in [-0.39, 0.29) is 5.91 Å². The second-order valence-corrected chi connectivity index (χ2v) is 4.42. The van der Waals surface area contributed by atoms with Gasteiger partial charge in [-0.2, -0.15) is 0 Å². The second kappa shape index (κ2) is 7.43. The first kappa shape index (κ1) is 12.2. The minimum absolute atomic E-state index is 0.152. The van der Waals surface area contributed by atoms with E-state index in [0.29, 0.717) is 6.42 Å². The molecule has 0 saturated carbocycles. The van der Waals surface area contributed by atoms with Crippen molar-refractivity contribution in [2.45, 2.75) is 19.3 Å². The lowest BCUT2D eigenvalue weighted by molar-refractivity contribution is -0.121. The Morgan fingerprint density at radius 3 is 3.00 bits per heavy atom. The fraction of sp³-hybridized carbons (Fsp3) is 0.545. The Bertz CT molecular complexity index is 272. The van der Waals surface area contributed by atoms with Gasteiger partial charge in [0.15, 0.2) is 0 Å². The molecule has 0 spiro atoms. The van der Waals surface area contributed by atoms with Crippen LogP contribution < -0.4 is 10.6 Å². The van der Waals surface area contributed by atoms with Crippen molar-refractivity contribution in [3.05, 3.63) is 22.4 Å². The lowest BCUT2D eigenvalue weighted by Gasteiger charge is -2.03. The van der Waals surface area contributed by atoms with Gasteiger partial charge in [0.2, 0.25) is 5.91 Å². The minimum Gasteiger partial charge on any atom is -0.356 e. The van der Waals surface area contributed by atoms with Crippen molar-refractivity contribution in [1.29, 1.82) is 0 Å². The van der Waals surface area contributed by atoms with Gasteiger partial charge in [-0.05, 0) is 37.9 Å². The molecule has 0 fully saturated rings. The molecule has 3 nitrogen and oxygen atoms in total. The second-order valence-electron chi connectivity index (χ2n) is 3.39. The van der Waals surface area contributed by atoms with E-state index in [1.807, 2.05) is 18.5 Å². The number of rotatable bonds is 7. The number of thiophene rings is 1. The van der Waals surface area contributed by atoms with Crippen LogP contribution >= 0.6 is 11.3 Å². The molecular weight excluding hydrogens is 208 g/mol. The summed E-state index contributed by atoms with van der Waals surface area (Å²) in [5.74, 6) is 0.152. The molecule has 1 heterocycles. The fourth-order valence-electron chi connectivity index (χ4n) is 1.27. The molecule has 0 aliphatic heterocycles. The summed E-state index contributed by atoms with van der Waals surface area (Å²) in [6, 6.07) is 4.09. The van der Waals surface area contributed by atoms with E-state index in [1.165, 1.54) is 4.88 Å². The van der Waals surface area contributed by atoms with Gasteiger partial charge in [-0.1, -0.05) is 6.07 Å². The molecule has 0 unspecified atom stereocenters. The van der Waals surface area contributed by atoms with Crippen LogP contribution in [-0.4, -0.2) is 26.0 Å². The van der Waals surface area contributed by atoms with Gasteiger partial charge in [0, 0.05) is 17.8 Å². The number of amides is 1. The molecule has 0 aliphatic rings. The van der Waals surface area contributed by atoms with Crippen LogP contribution in [0.15, 0.2) is 17.5 Å². The van der Waals surface area contributed by atoms with Crippen LogP contribution in [0.25, 0.3) is 0 Å². The summed E-state index contributed by atoms with van der Waals surface area (Å²) in [5, 5.41) is 7.99. The number of nitrogens with one attached hydrogen (secondary N) is 2. The van der Waals surface area contributed by atoms with Crippen LogP contribution in [0.2, 0.25) is 0 Å². The first-order chi connectivity index (χ1) is 7.33. The minimum atomic E-state index is 0.152. The number of hydrogen-bond acceptors (Lipinski definition) is 3. The Morgan fingerprint density at radius 2 is 2.33 bits per heavy atom. The van der Waals surface area contributed by atoms with Gasteiger partial charge in [0.1, 0.15) is 0 Å². The summed E-state index contributed by atoms with van der Waals surface area (Å²) in [4.78, 5) is 12.7. The monoisotopic (exact) mass is 226 g/mol. The zero-order valence-electron chi connectivity index (χ0n) is 9.08. The first-order valence-corrected chi connectivity index (χ1v) is 6.14. The van der Waals surface area contributed by atoms with E-state index in [1.54, 1.807) is 11.3 Å². The molecule has 0 atom stereocenters. The molecule has 0 aliphatic carbocycles. The number of hydrogen-bond donors (Lipinski definition) is 2. The van der Waals surface area contributed by atoms with Gasteiger partial charge in [-0.15, -0.1) is 11.3 Å². The molecule has 1 aromatic heterocycles. The SMILES string of the molecule is CNCCCNC(=O)CCc1cccs1. The van der Waals surface area contributed by atoms with Crippen molar-refractivity contribution >= 4 is 17.2 Å². The van der Waals surface area contributed by atoms with Crippen molar-refractivity contribution in [2.75, 3.05) is 20.1 Å². The largest absolute Gasteiger partial charge is 0.356 e. The number of carbonyl (C=O) groups excluding carboxylic acids is 1.